The SMILES string of the molecule is CN(C)C(C)(CO)CCO. The molecule has 0 spiro atoms. The minimum absolute atomic E-state index is 0.0839. The summed E-state index contributed by atoms with van der Waals surface area (Å²) in [7, 11) is 3.79. The predicted molar refractivity (Wildman–Crippen MR) is 40.9 cm³/mol. The summed E-state index contributed by atoms with van der Waals surface area (Å²) in [5.74, 6) is 0. The lowest BCUT2D eigenvalue weighted by Gasteiger charge is -2.33. The van der Waals surface area contributed by atoms with E-state index in [-0.39, 0.29) is 18.8 Å². The molecule has 3 nitrogen and oxygen atoms in total. The van der Waals surface area contributed by atoms with Gasteiger partial charge in [-0.1, -0.05) is 0 Å². The van der Waals surface area contributed by atoms with Crippen molar-refractivity contribution in [1.29, 1.82) is 0 Å². The lowest BCUT2D eigenvalue weighted by atomic mass is 9.98. The van der Waals surface area contributed by atoms with Gasteiger partial charge >= 0.3 is 0 Å². The summed E-state index contributed by atoms with van der Waals surface area (Å²) in [4.78, 5) is 1.92. The molecule has 2 N–H and O–H groups in total. The Kier molecular flexibility index (Phi) is 3.86. The first-order valence-corrected chi connectivity index (χ1v) is 3.46. The van der Waals surface area contributed by atoms with Gasteiger partial charge in [0.05, 0.1) is 6.61 Å². The van der Waals surface area contributed by atoms with Crippen molar-refractivity contribution >= 4 is 0 Å². The predicted octanol–water partition coefficient (Wildman–Crippen LogP) is -0.319. The van der Waals surface area contributed by atoms with E-state index in [9.17, 15) is 0 Å². The van der Waals surface area contributed by atoms with E-state index in [4.69, 9.17) is 10.2 Å². The molecule has 0 aromatic rings. The molecule has 1 unspecified atom stereocenters. The van der Waals surface area contributed by atoms with Crippen LogP contribution < -0.4 is 0 Å². The molecule has 0 fully saturated rings. The van der Waals surface area contributed by atoms with Crippen LogP contribution in [0.5, 0.6) is 0 Å². The molecule has 1 atom stereocenters. The molecule has 0 amide bonds. The Hall–Kier alpha value is -0.120. The Morgan fingerprint density at radius 3 is 1.90 bits per heavy atom. The van der Waals surface area contributed by atoms with E-state index in [2.05, 4.69) is 0 Å². The van der Waals surface area contributed by atoms with Gasteiger partial charge in [-0.3, -0.25) is 0 Å². The fourth-order valence-electron chi connectivity index (χ4n) is 0.685. The van der Waals surface area contributed by atoms with E-state index < -0.39 is 0 Å². The van der Waals surface area contributed by atoms with Crippen molar-refractivity contribution in [2.24, 2.45) is 0 Å². The molecular formula is C7H17NO2. The zero-order chi connectivity index (χ0) is 8.20. The zero-order valence-electron chi connectivity index (χ0n) is 6.96. The van der Waals surface area contributed by atoms with Crippen molar-refractivity contribution in [3.63, 3.8) is 0 Å². The van der Waals surface area contributed by atoms with Gasteiger partial charge in [-0.2, -0.15) is 0 Å². The van der Waals surface area contributed by atoms with Crippen LogP contribution in [0.25, 0.3) is 0 Å². The van der Waals surface area contributed by atoms with Crippen LogP contribution in [0.15, 0.2) is 0 Å². The van der Waals surface area contributed by atoms with Gasteiger partial charge in [0.25, 0.3) is 0 Å². The van der Waals surface area contributed by atoms with Crippen molar-refractivity contribution in [2.75, 3.05) is 27.3 Å². The molecule has 62 valence electrons. The van der Waals surface area contributed by atoms with E-state index in [1.54, 1.807) is 0 Å². The Morgan fingerprint density at radius 1 is 1.30 bits per heavy atom. The van der Waals surface area contributed by atoms with Crippen LogP contribution in [0.4, 0.5) is 0 Å². The van der Waals surface area contributed by atoms with E-state index in [1.165, 1.54) is 0 Å². The number of likely N-dealkylation sites (N-methyl/N-ethyl adjacent to an activating group) is 1. The zero-order valence-corrected chi connectivity index (χ0v) is 6.96. The minimum atomic E-state index is -0.269. The number of hydrogen-bond acceptors (Lipinski definition) is 3. The van der Waals surface area contributed by atoms with Crippen LogP contribution in [-0.4, -0.2) is 48.0 Å². The number of aliphatic hydroxyl groups excluding tert-OH is 2. The van der Waals surface area contributed by atoms with Crippen molar-refractivity contribution in [3.05, 3.63) is 0 Å². The second-order valence-electron chi connectivity index (χ2n) is 3.02. The summed E-state index contributed by atoms with van der Waals surface area (Å²) in [5.41, 5.74) is -0.269. The standard InChI is InChI=1S/C7H17NO2/c1-7(6-10,4-5-9)8(2)3/h9-10H,4-6H2,1-3H3. The Balaban J connectivity index is 3.94. The summed E-state index contributed by atoms with van der Waals surface area (Å²) >= 11 is 0. The van der Waals surface area contributed by atoms with E-state index in [1.807, 2.05) is 25.9 Å². The highest BCUT2D eigenvalue weighted by Gasteiger charge is 2.24. The molecule has 0 rings (SSSR count). The fourth-order valence-corrected chi connectivity index (χ4v) is 0.685. The van der Waals surface area contributed by atoms with Gasteiger partial charge in [0.15, 0.2) is 0 Å². The van der Waals surface area contributed by atoms with Crippen molar-refractivity contribution in [2.45, 2.75) is 18.9 Å². The summed E-state index contributed by atoms with van der Waals surface area (Å²) in [6.45, 7) is 2.12. The molecular weight excluding hydrogens is 130 g/mol. The molecule has 0 aliphatic carbocycles. The lowest BCUT2D eigenvalue weighted by Crippen LogP contribution is -2.45. The Bertz CT molecular complexity index is 95.6. The van der Waals surface area contributed by atoms with Crippen LogP contribution in [0, 0.1) is 0 Å². The van der Waals surface area contributed by atoms with Gasteiger partial charge in [0.2, 0.25) is 0 Å². The van der Waals surface area contributed by atoms with E-state index in [0.717, 1.165) is 0 Å². The van der Waals surface area contributed by atoms with Crippen LogP contribution in [0.3, 0.4) is 0 Å². The van der Waals surface area contributed by atoms with E-state index in [0.29, 0.717) is 6.42 Å². The first kappa shape index (κ1) is 9.88. The highest BCUT2D eigenvalue weighted by atomic mass is 16.3. The molecule has 0 aliphatic rings. The summed E-state index contributed by atoms with van der Waals surface area (Å²) in [6.07, 6.45) is 0.608. The van der Waals surface area contributed by atoms with Crippen LogP contribution in [-0.2, 0) is 0 Å². The van der Waals surface area contributed by atoms with Crippen LogP contribution in [0.2, 0.25) is 0 Å². The molecule has 10 heavy (non-hydrogen) atoms. The third-order valence-electron chi connectivity index (χ3n) is 2.07. The molecule has 0 saturated carbocycles. The third kappa shape index (κ3) is 2.25. The monoisotopic (exact) mass is 147 g/mol. The Morgan fingerprint density at radius 2 is 1.80 bits per heavy atom. The molecule has 0 saturated heterocycles. The van der Waals surface area contributed by atoms with Gasteiger partial charge in [-0.05, 0) is 27.4 Å². The van der Waals surface area contributed by atoms with E-state index >= 15 is 0 Å². The highest BCUT2D eigenvalue weighted by Crippen LogP contribution is 2.13. The second kappa shape index (κ2) is 3.91. The summed E-state index contributed by atoms with van der Waals surface area (Å²) in [6, 6.07) is 0. The van der Waals surface area contributed by atoms with Gasteiger partial charge in [0.1, 0.15) is 0 Å². The lowest BCUT2D eigenvalue weighted by molar-refractivity contribution is 0.0594. The quantitative estimate of drug-likeness (QED) is 0.573. The fraction of sp³-hybridized carbons (Fsp3) is 1.00. The topological polar surface area (TPSA) is 43.7 Å². The first-order valence-electron chi connectivity index (χ1n) is 3.46. The molecule has 0 aromatic heterocycles. The third-order valence-corrected chi connectivity index (χ3v) is 2.07. The Labute approximate surface area is 62.3 Å². The van der Waals surface area contributed by atoms with Crippen molar-refractivity contribution in [1.82, 2.24) is 4.90 Å². The smallest absolute Gasteiger partial charge is 0.0613 e. The van der Waals surface area contributed by atoms with Gasteiger partial charge in [-0.25, -0.2) is 0 Å². The number of hydrogen-bond donors (Lipinski definition) is 2. The highest BCUT2D eigenvalue weighted by molar-refractivity contribution is 4.80. The maximum Gasteiger partial charge on any atom is 0.0613 e. The molecule has 0 bridgehead atoms. The largest absolute Gasteiger partial charge is 0.396 e. The van der Waals surface area contributed by atoms with Crippen LogP contribution >= 0.6 is 0 Å². The molecule has 3 heteroatoms. The molecule has 0 aromatic carbocycles. The molecule has 0 radical (unpaired) electrons. The van der Waals surface area contributed by atoms with Gasteiger partial charge in [0, 0.05) is 12.1 Å². The average molecular weight is 147 g/mol. The van der Waals surface area contributed by atoms with Crippen LogP contribution in [0.1, 0.15) is 13.3 Å². The van der Waals surface area contributed by atoms with Crippen molar-refractivity contribution < 1.29 is 10.2 Å². The number of aliphatic hydroxyl groups is 2. The maximum absolute atomic E-state index is 8.93. The second-order valence-corrected chi connectivity index (χ2v) is 3.02. The molecule has 0 heterocycles. The normalized spacial score (nSPS) is 17.4. The van der Waals surface area contributed by atoms with Gasteiger partial charge in [-0.15, -0.1) is 0 Å². The summed E-state index contributed by atoms with van der Waals surface area (Å²) < 4.78 is 0. The summed E-state index contributed by atoms with van der Waals surface area (Å²) in [5, 5.41) is 17.6. The molecule has 0 aliphatic heterocycles. The first-order chi connectivity index (χ1) is 4.56. The van der Waals surface area contributed by atoms with Crippen molar-refractivity contribution in [3.8, 4) is 0 Å². The van der Waals surface area contributed by atoms with Gasteiger partial charge < -0.3 is 15.1 Å². The minimum Gasteiger partial charge on any atom is -0.396 e. The average Bonchev–Trinajstić information content (AvgIpc) is 1.88. The number of nitrogens with zero attached hydrogens (tertiary/aromatic N) is 1. The number of rotatable bonds is 4. The maximum atomic E-state index is 8.93.